The Morgan fingerprint density at radius 1 is 1.00 bits per heavy atom. The molecule has 1 aromatic rings. The number of phenolic OH excluding ortho intramolecular Hbond substituents is 1. The summed E-state index contributed by atoms with van der Waals surface area (Å²) in [5.74, 6) is -1.94. The summed E-state index contributed by atoms with van der Waals surface area (Å²) in [6.07, 6.45) is 0. The van der Waals surface area contributed by atoms with Crippen LogP contribution in [0.25, 0.3) is 0 Å². The molecule has 0 fully saturated rings. The number of phenols is 1. The van der Waals surface area contributed by atoms with Crippen molar-refractivity contribution in [3.8, 4) is 5.75 Å². The lowest BCUT2D eigenvalue weighted by Crippen LogP contribution is -2.21. The van der Waals surface area contributed by atoms with Gasteiger partial charge < -0.3 is 5.11 Å². The van der Waals surface area contributed by atoms with Gasteiger partial charge in [-0.15, -0.1) is 0 Å². The zero-order valence-electron chi connectivity index (χ0n) is 7.74. The van der Waals surface area contributed by atoms with Gasteiger partial charge in [0, 0.05) is 18.2 Å². The molecule has 0 amide bonds. The largest absolute Gasteiger partial charge is 0.522 e. The first-order chi connectivity index (χ1) is 7.43. The Bertz CT molecular complexity index is 431. The zero-order valence-corrected chi connectivity index (χ0v) is 8.56. The molecule has 0 aliphatic heterocycles. The summed E-state index contributed by atoms with van der Waals surface area (Å²) in [5.41, 5.74) is -5.53. The van der Waals surface area contributed by atoms with Crippen molar-refractivity contribution in [3.63, 3.8) is 0 Å². The second-order valence-electron chi connectivity index (χ2n) is 2.55. The third kappa shape index (κ3) is 6.02. The van der Waals surface area contributed by atoms with Crippen molar-refractivity contribution < 1.29 is 40.0 Å². The first-order valence-corrected chi connectivity index (χ1v) is 5.06. The van der Waals surface area contributed by atoms with Crippen molar-refractivity contribution in [3.05, 3.63) is 29.8 Å². The normalized spacial score (nSPS) is 11.6. The van der Waals surface area contributed by atoms with Crippen molar-refractivity contribution in [1.29, 1.82) is 0 Å². The van der Waals surface area contributed by atoms with E-state index in [1.807, 2.05) is 0 Å². The number of halogens is 5. The fourth-order valence-corrected chi connectivity index (χ4v) is 0.539. The maximum atomic E-state index is 12.0. The molecule has 0 radical (unpaired) electrons. The Morgan fingerprint density at radius 2 is 1.29 bits per heavy atom. The van der Waals surface area contributed by atoms with E-state index in [9.17, 15) is 22.0 Å². The summed E-state index contributed by atoms with van der Waals surface area (Å²) in [4.78, 5) is 0. The van der Waals surface area contributed by atoms with E-state index < -0.39 is 33.0 Å². The van der Waals surface area contributed by atoms with E-state index in [4.69, 9.17) is 18.1 Å². The highest BCUT2D eigenvalue weighted by molar-refractivity contribution is 7.86. The molecule has 17 heavy (non-hydrogen) atoms. The molecule has 0 saturated carbocycles. The van der Waals surface area contributed by atoms with Crippen molar-refractivity contribution in [2.75, 3.05) is 0 Å². The average Bonchev–Trinajstić information content (AvgIpc) is 1.96. The van der Waals surface area contributed by atoms with Gasteiger partial charge >= 0.3 is 15.6 Å². The average molecular weight is 280 g/mol. The van der Waals surface area contributed by atoms with Crippen LogP contribution >= 0.6 is 0 Å². The number of hydrogen-bond donors (Lipinski definition) is 2. The highest BCUT2D eigenvalue weighted by Crippen LogP contribution is 2.20. The first-order valence-electron chi connectivity index (χ1n) is 3.62. The Hall–Kier alpha value is -1.42. The van der Waals surface area contributed by atoms with Crippen LogP contribution in [0.5, 0.6) is 5.75 Å². The Morgan fingerprint density at radius 3 is 1.47 bits per heavy atom. The highest BCUT2D eigenvalue weighted by Gasteiger charge is 2.44. The first kappa shape index (κ1) is 15.6. The Balaban J connectivity index is 0.000000304. The molecule has 0 saturated heterocycles. The molecule has 0 heterocycles. The predicted molar refractivity (Wildman–Crippen MR) is 45.6 cm³/mol. The van der Waals surface area contributed by atoms with E-state index in [2.05, 4.69) is 0 Å². The molecule has 0 aliphatic rings. The number of alkyl halides is 3. The monoisotopic (exact) mass is 280 g/mol. The highest BCUT2D eigenvalue weighted by atomic mass is 32.2. The molecule has 0 atom stereocenters. The number of hydrogen-bond acceptors (Lipinski definition) is 3. The van der Waals surface area contributed by atoms with Crippen LogP contribution in [-0.2, 0) is 10.1 Å². The summed E-state index contributed by atoms with van der Waals surface area (Å²) >= 11 is 0. The quantitative estimate of drug-likeness (QED) is 0.433. The molecule has 1 aromatic carbocycles. The van der Waals surface area contributed by atoms with Crippen LogP contribution in [0.4, 0.5) is 22.0 Å². The molecule has 1 rings (SSSR count). The van der Waals surface area contributed by atoms with Gasteiger partial charge in [-0.3, -0.25) is 4.55 Å². The molecular formula is C7H5F5O4S. The fourth-order valence-electron chi connectivity index (χ4n) is 0.539. The van der Waals surface area contributed by atoms with E-state index in [0.717, 1.165) is 12.1 Å². The lowest BCUT2D eigenvalue weighted by atomic mass is 10.3. The van der Waals surface area contributed by atoms with Crippen LogP contribution in [-0.4, -0.2) is 23.6 Å². The van der Waals surface area contributed by atoms with Crippen LogP contribution < -0.4 is 0 Å². The second-order valence-corrected chi connectivity index (χ2v) is 3.96. The summed E-state index contributed by atoms with van der Waals surface area (Å²) in [6, 6.07) is 2.37. The van der Waals surface area contributed by atoms with Crippen molar-refractivity contribution in [1.82, 2.24) is 0 Å². The maximum Gasteiger partial charge on any atom is 0.522 e. The number of rotatable bonds is 0. The van der Waals surface area contributed by atoms with E-state index in [-0.39, 0.29) is 0 Å². The maximum absolute atomic E-state index is 12.0. The topological polar surface area (TPSA) is 74.6 Å². The van der Waals surface area contributed by atoms with E-state index in [0.29, 0.717) is 6.07 Å². The van der Waals surface area contributed by atoms with Crippen molar-refractivity contribution in [2.45, 2.75) is 5.51 Å². The molecule has 98 valence electrons. The standard InChI is InChI=1S/C6H4F2O.CHF3O3S/c7-4-1-5(8)3-6(9)2-4;2-1(3,4)8(5,6)7/h1-3,9H;(H,5,6,7). The molecule has 0 bridgehead atoms. The van der Waals surface area contributed by atoms with Gasteiger partial charge in [0.15, 0.2) is 0 Å². The minimum Gasteiger partial charge on any atom is -0.508 e. The molecule has 0 unspecified atom stereocenters. The van der Waals surface area contributed by atoms with Gasteiger partial charge in [-0.25, -0.2) is 8.78 Å². The summed E-state index contributed by atoms with van der Waals surface area (Å²) in [7, 11) is -5.84. The molecule has 0 aliphatic carbocycles. The molecule has 4 nitrogen and oxygen atoms in total. The van der Waals surface area contributed by atoms with Gasteiger partial charge in [-0.1, -0.05) is 0 Å². The molecular weight excluding hydrogens is 275 g/mol. The third-order valence-electron chi connectivity index (χ3n) is 1.14. The Labute approximate surface area is 92.1 Å². The van der Waals surface area contributed by atoms with Crippen LogP contribution in [0.3, 0.4) is 0 Å². The minimum atomic E-state index is -5.84. The SMILES string of the molecule is O=S(=O)(O)C(F)(F)F.Oc1cc(F)cc(F)c1. The molecule has 0 aromatic heterocycles. The second kappa shape index (κ2) is 5.27. The Kier molecular flexibility index (Phi) is 4.83. The zero-order chi connectivity index (χ0) is 13.9. The van der Waals surface area contributed by atoms with Gasteiger partial charge in [-0.2, -0.15) is 21.6 Å². The molecule has 10 heteroatoms. The number of benzene rings is 1. The molecule has 2 N–H and O–H groups in total. The fraction of sp³-hybridized carbons (Fsp3) is 0.143. The lowest BCUT2D eigenvalue weighted by molar-refractivity contribution is -0.0510. The predicted octanol–water partition coefficient (Wildman–Crippen LogP) is 2.06. The summed E-state index contributed by atoms with van der Waals surface area (Å²) in [6.45, 7) is 0. The van der Waals surface area contributed by atoms with E-state index >= 15 is 0 Å². The van der Waals surface area contributed by atoms with Gasteiger partial charge in [-0.05, 0) is 0 Å². The van der Waals surface area contributed by atoms with Crippen LogP contribution in [0.2, 0.25) is 0 Å². The van der Waals surface area contributed by atoms with Gasteiger partial charge in [0.05, 0.1) is 0 Å². The van der Waals surface area contributed by atoms with Crippen molar-refractivity contribution in [2.24, 2.45) is 0 Å². The summed E-state index contributed by atoms with van der Waals surface area (Å²) < 4.78 is 81.6. The third-order valence-corrected chi connectivity index (χ3v) is 1.72. The van der Waals surface area contributed by atoms with Crippen molar-refractivity contribution >= 4 is 10.1 Å². The van der Waals surface area contributed by atoms with Crippen LogP contribution in [0, 0.1) is 11.6 Å². The van der Waals surface area contributed by atoms with Gasteiger partial charge in [0.25, 0.3) is 0 Å². The molecule has 0 spiro atoms. The smallest absolute Gasteiger partial charge is 0.508 e. The number of aromatic hydroxyl groups is 1. The van der Waals surface area contributed by atoms with Gasteiger partial charge in [0.2, 0.25) is 0 Å². The van der Waals surface area contributed by atoms with Crippen LogP contribution in [0.15, 0.2) is 18.2 Å². The van der Waals surface area contributed by atoms with E-state index in [1.54, 1.807) is 0 Å². The summed E-state index contributed by atoms with van der Waals surface area (Å²) in [5, 5.41) is 8.51. The van der Waals surface area contributed by atoms with E-state index in [1.165, 1.54) is 0 Å². The lowest BCUT2D eigenvalue weighted by Gasteiger charge is -1.97. The minimum absolute atomic E-state index is 0.396. The van der Waals surface area contributed by atoms with Crippen LogP contribution in [0.1, 0.15) is 0 Å². The van der Waals surface area contributed by atoms with Gasteiger partial charge in [0.1, 0.15) is 17.4 Å².